The monoisotopic (exact) mass is 537 g/mol. The third-order valence-electron chi connectivity index (χ3n) is 6.57. The van der Waals surface area contributed by atoms with Crippen LogP contribution in [0.25, 0.3) is 5.70 Å². The molecule has 4 rings (SSSR count). The molecule has 1 aliphatic heterocycles. The van der Waals surface area contributed by atoms with Crippen LogP contribution in [0.1, 0.15) is 29.9 Å². The van der Waals surface area contributed by atoms with E-state index in [1.807, 2.05) is 18.2 Å². The van der Waals surface area contributed by atoms with Gasteiger partial charge in [-0.05, 0) is 43.5 Å². The van der Waals surface area contributed by atoms with Crippen LogP contribution in [0.5, 0.6) is 5.88 Å². The maximum atomic E-state index is 14.0. The Morgan fingerprint density at radius 3 is 2.71 bits per heavy atom. The van der Waals surface area contributed by atoms with Gasteiger partial charge >= 0.3 is 6.03 Å². The number of nitrogens with zero attached hydrogens (tertiary/aromatic N) is 3. The van der Waals surface area contributed by atoms with Gasteiger partial charge in [-0.3, -0.25) is 10.2 Å². The first-order valence-electron chi connectivity index (χ1n) is 12.4. The second-order valence-electron chi connectivity index (χ2n) is 9.24. The first-order valence-corrected chi connectivity index (χ1v) is 12.4. The lowest BCUT2D eigenvalue weighted by molar-refractivity contribution is 0.0791. The molecule has 0 unspecified atom stereocenters. The Balaban J connectivity index is 1.55. The van der Waals surface area contributed by atoms with E-state index in [-0.39, 0.29) is 17.6 Å². The molecule has 2 aliphatic rings. The molecule has 1 aliphatic carbocycles. The van der Waals surface area contributed by atoms with Crippen molar-refractivity contribution in [3.63, 3.8) is 0 Å². The van der Waals surface area contributed by atoms with Crippen LogP contribution in [0.4, 0.5) is 28.2 Å². The van der Waals surface area contributed by atoms with Gasteiger partial charge in [0, 0.05) is 32.7 Å². The van der Waals surface area contributed by atoms with Gasteiger partial charge in [-0.1, -0.05) is 18.2 Å². The number of allylic oxidation sites excluding steroid dienone is 4. The molecule has 0 spiro atoms. The minimum absolute atomic E-state index is 0.00764. The standard InChI is InChI=1S/C26H31F4N5O3/c1-16-24(35(18-6-4-3-5-7-18)33-25(16)38-15-23(29)30)32-26(36)31-22-14-34(10-11-37-2)13-19(22)17-8-9-20(27)21(28)12-17/h4,6-9,12,19,22-23H,3,5,10-11,13-15H2,1-2H3,(H2,31,32,36)/t19-,22+/m0/s1. The van der Waals surface area contributed by atoms with Gasteiger partial charge in [-0.25, -0.2) is 27.0 Å². The average Bonchev–Trinajstić information content (AvgIpc) is 3.44. The van der Waals surface area contributed by atoms with Crippen LogP contribution in [0.15, 0.2) is 36.4 Å². The number of hydrogen-bond donors (Lipinski definition) is 2. The molecule has 1 saturated heterocycles. The van der Waals surface area contributed by atoms with Crippen molar-refractivity contribution in [1.29, 1.82) is 0 Å². The lowest BCUT2D eigenvalue weighted by Gasteiger charge is -2.21. The number of alkyl halides is 2. The molecule has 2 atom stereocenters. The molecule has 0 bridgehead atoms. The van der Waals surface area contributed by atoms with Crippen LogP contribution in [-0.2, 0) is 4.74 Å². The van der Waals surface area contributed by atoms with E-state index in [0.29, 0.717) is 43.1 Å². The number of hydrogen-bond acceptors (Lipinski definition) is 5. The minimum Gasteiger partial charge on any atom is -0.470 e. The molecule has 1 fully saturated rings. The second kappa shape index (κ2) is 12.4. The van der Waals surface area contributed by atoms with E-state index in [2.05, 4.69) is 20.6 Å². The summed E-state index contributed by atoms with van der Waals surface area (Å²) in [7, 11) is 1.59. The largest absolute Gasteiger partial charge is 0.470 e. The summed E-state index contributed by atoms with van der Waals surface area (Å²) in [6, 6.07) is 2.77. The van der Waals surface area contributed by atoms with Crippen LogP contribution in [0.2, 0.25) is 0 Å². The Bertz CT molecular complexity index is 1200. The molecule has 8 nitrogen and oxygen atoms in total. The summed E-state index contributed by atoms with van der Waals surface area (Å²) >= 11 is 0. The van der Waals surface area contributed by atoms with Crippen molar-refractivity contribution in [3.05, 3.63) is 59.2 Å². The Kier molecular flexibility index (Phi) is 9.05. The van der Waals surface area contributed by atoms with Gasteiger partial charge in [0.1, 0.15) is 5.82 Å². The van der Waals surface area contributed by atoms with Crippen molar-refractivity contribution in [1.82, 2.24) is 20.0 Å². The molecule has 0 radical (unpaired) electrons. The number of carbonyl (C=O) groups is 1. The molecule has 2 heterocycles. The van der Waals surface area contributed by atoms with Crippen molar-refractivity contribution in [2.75, 3.05) is 45.3 Å². The van der Waals surface area contributed by atoms with Gasteiger partial charge in [0.25, 0.3) is 6.43 Å². The van der Waals surface area contributed by atoms with E-state index in [0.717, 1.165) is 25.0 Å². The number of methoxy groups -OCH3 is 1. The predicted octanol–water partition coefficient (Wildman–Crippen LogP) is 4.54. The van der Waals surface area contributed by atoms with Crippen LogP contribution in [0.3, 0.4) is 0 Å². The number of nitrogens with one attached hydrogen (secondary N) is 2. The van der Waals surface area contributed by atoms with Crippen molar-refractivity contribution in [3.8, 4) is 5.88 Å². The van der Waals surface area contributed by atoms with Gasteiger partial charge < -0.3 is 14.8 Å². The van der Waals surface area contributed by atoms with E-state index in [9.17, 15) is 22.4 Å². The summed E-state index contributed by atoms with van der Waals surface area (Å²) in [5.41, 5.74) is 1.63. The summed E-state index contributed by atoms with van der Waals surface area (Å²) in [5, 5.41) is 10.1. The fraction of sp³-hybridized carbons (Fsp3) is 0.462. The molecule has 1 aromatic heterocycles. The van der Waals surface area contributed by atoms with Gasteiger partial charge in [0.2, 0.25) is 5.88 Å². The lowest BCUT2D eigenvalue weighted by Crippen LogP contribution is -2.42. The van der Waals surface area contributed by atoms with Crippen LogP contribution < -0.4 is 15.4 Å². The highest BCUT2D eigenvalue weighted by molar-refractivity contribution is 5.90. The Morgan fingerprint density at radius 2 is 2.03 bits per heavy atom. The van der Waals surface area contributed by atoms with Gasteiger partial charge in [0.05, 0.1) is 23.9 Å². The number of benzene rings is 1. The number of amides is 2. The number of ether oxygens (including phenoxy) is 2. The molecule has 38 heavy (non-hydrogen) atoms. The lowest BCUT2D eigenvalue weighted by atomic mass is 9.94. The highest BCUT2D eigenvalue weighted by Gasteiger charge is 2.35. The maximum Gasteiger partial charge on any atom is 0.320 e. The second-order valence-corrected chi connectivity index (χ2v) is 9.24. The number of anilines is 1. The van der Waals surface area contributed by atoms with E-state index < -0.39 is 36.7 Å². The Hall–Kier alpha value is -3.38. The number of rotatable bonds is 10. The first-order chi connectivity index (χ1) is 18.3. The SMILES string of the molecule is COCCN1C[C@@H](NC(=O)Nc2c(C)c(OCC(F)F)nn2C2=CCCC=C2)[C@H](c2ccc(F)c(F)c2)C1. The molecule has 1 aromatic carbocycles. The maximum absolute atomic E-state index is 14.0. The van der Waals surface area contributed by atoms with Crippen LogP contribution in [0, 0.1) is 18.6 Å². The first kappa shape index (κ1) is 27.6. The molecule has 0 saturated carbocycles. The van der Waals surface area contributed by atoms with E-state index in [1.165, 1.54) is 10.7 Å². The van der Waals surface area contributed by atoms with Gasteiger partial charge in [0.15, 0.2) is 18.2 Å². The van der Waals surface area contributed by atoms with Crippen molar-refractivity contribution >= 4 is 17.5 Å². The minimum atomic E-state index is -2.68. The van der Waals surface area contributed by atoms with Crippen molar-refractivity contribution in [2.24, 2.45) is 0 Å². The number of likely N-dealkylation sites (tertiary alicyclic amines) is 1. The smallest absolute Gasteiger partial charge is 0.320 e. The normalized spacial score (nSPS) is 19.6. The quantitative estimate of drug-likeness (QED) is 0.435. The topological polar surface area (TPSA) is 80.7 Å². The van der Waals surface area contributed by atoms with Crippen molar-refractivity contribution < 1.29 is 31.8 Å². The molecule has 206 valence electrons. The summed E-state index contributed by atoms with van der Waals surface area (Å²) in [6.07, 6.45) is 4.66. The number of urea groups is 1. The summed E-state index contributed by atoms with van der Waals surface area (Å²) in [5.74, 6) is -1.92. The zero-order chi connectivity index (χ0) is 27.2. The van der Waals surface area contributed by atoms with Crippen LogP contribution >= 0.6 is 0 Å². The highest BCUT2D eigenvalue weighted by Crippen LogP contribution is 2.31. The fourth-order valence-electron chi connectivity index (χ4n) is 4.67. The molecule has 2 aromatic rings. The predicted molar refractivity (Wildman–Crippen MR) is 134 cm³/mol. The van der Waals surface area contributed by atoms with Gasteiger partial charge in [-0.2, -0.15) is 0 Å². The van der Waals surface area contributed by atoms with E-state index >= 15 is 0 Å². The van der Waals surface area contributed by atoms with E-state index in [4.69, 9.17) is 9.47 Å². The Morgan fingerprint density at radius 1 is 1.21 bits per heavy atom. The zero-order valence-corrected chi connectivity index (χ0v) is 21.2. The van der Waals surface area contributed by atoms with Crippen molar-refractivity contribution in [2.45, 2.75) is 38.2 Å². The third-order valence-corrected chi connectivity index (χ3v) is 6.57. The molecular weight excluding hydrogens is 506 g/mol. The molecule has 2 amide bonds. The van der Waals surface area contributed by atoms with Gasteiger partial charge in [-0.15, -0.1) is 5.10 Å². The van der Waals surface area contributed by atoms with E-state index in [1.54, 1.807) is 14.0 Å². The fourth-order valence-corrected chi connectivity index (χ4v) is 4.67. The average molecular weight is 538 g/mol. The highest BCUT2D eigenvalue weighted by atomic mass is 19.3. The summed E-state index contributed by atoms with van der Waals surface area (Å²) < 4.78 is 64.9. The summed E-state index contributed by atoms with van der Waals surface area (Å²) in [4.78, 5) is 15.3. The number of carbonyl (C=O) groups excluding carboxylic acids is 1. The summed E-state index contributed by atoms with van der Waals surface area (Å²) in [6.45, 7) is 2.86. The molecule has 2 N–H and O–H groups in total. The molecular formula is C26H31F4N5O3. The van der Waals surface area contributed by atoms with Crippen LogP contribution in [-0.4, -0.2) is 73.1 Å². The Labute approximate surface area is 218 Å². The zero-order valence-electron chi connectivity index (χ0n) is 21.2. The number of halogens is 4. The number of aromatic nitrogens is 2. The third kappa shape index (κ3) is 6.54. The molecule has 12 heteroatoms.